The highest BCUT2D eigenvalue weighted by Gasteiger charge is 2.33. The van der Waals surface area contributed by atoms with Crippen LogP contribution < -0.4 is 14.8 Å². The molecule has 0 bridgehead atoms. The number of rotatable bonds is 7. The summed E-state index contributed by atoms with van der Waals surface area (Å²) in [5.41, 5.74) is -0.994. The number of carboxylic acid groups (broad SMARTS) is 1. The number of nitro groups is 1. The normalized spacial score (nSPS) is 12.0. The Balaban J connectivity index is 2.97. The van der Waals surface area contributed by atoms with Crippen molar-refractivity contribution in [1.82, 2.24) is 5.32 Å². The Morgan fingerprint density at radius 3 is 2.19 bits per heavy atom. The molecule has 10 heteroatoms. The smallest absolute Gasteiger partial charge is 0.408 e. The fourth-order valence-corrected chi connectivity index (χ4v) is 2.15. The van der Waals surface area contributed by atoms with Crippen molar-refractivity contribution in [3.63, 3.8) is 0 Å². The molecule has 144 valence electrons. The number of nitrogens with one attached hydrogen (secondary N) is 1. The van der Waals surface area contributed by atoms with Crippen LogP contribution in [0.15, 0.2) is 12.1 Å². The van der Waals surface area contributed by atoms with Crippen LogP contribution in [0.25, 0.3) is 0 Å². The van der Waals surface area contributed by atoms with Gasteiger partial charge in [0.2, 0.25) is 0 Å². The SMILES string of the molecule is COc1cc(COC(=O)N[C@H](C(=O)O)C(C)(C)C)c([N+](=O)[O-])cc1OC. The van der Waals surface area contributed by atoms with E-state index in [1.807, 2.05) is 0 Å². The van der Waals surface area contributed by atoms with Gasteiger partial charge in [-0.25, -0.2) is 9.59 Å². The molecule has 0 fully saturated rings. The van der Waals surface area contributed by atoms with Gasteiger partial charge in [0, 0.05) is 0 Å². The van der Waals surface area contributed by atoms with Crippen molar-refractivity contribution in [2.45, 2.75) is 33.4 Å². The average Bonchev–Trinajstić information content (AvgIpc) is 2.55. The summed E-state index contributed by atoms with van der Waals surface area (Å²) in [6.07, 6.45) is -1.00. The molecule has 2 N–H and O–H groups in total. The second-order valence-electron chi connectivity index (χ2n) is 6.45. The summed E-state index contributed by atoms with van der Waals surface area (Å²) in [6, 6.07) is 1.29. The van der Waals surface area contributed by atoms with Crippen molar-refractivity contribution in [1.29, 1.82) is 0 Å². The summed E-state index contributed by atoms with van der Waals surface area (Å²) in [6.45, 7) is 4.49. The Hall–Kier alpha value is -3.04. The van der Waals surface area contributed by atoms with E-state index in [4.69, 9.17) is 14.2 Å². The zero-order valence-electron chi connectivity index (χ0n) is 15.2. The molecule has 1 rings (SSSR count). The fraction of sp³-hybridized carbons (Fsp3) is 0.500. The molecule has 0 spiro atoms. The molecule has 0 unspecified atom stereocenters. The van der Waals surface area contributed by atoms with Gasteiger partial charge < -0.3 is 24.6 Å². The fourth-order valence-electron chi connectivity index (χ4n) is 2.15. The lowest BCUT2D eigenvalue weighted by Gasteiger charge is -2.27. The van der Waals surface area contributed by atoms with Gasteiger partial charge in [-0.1, -0.05) is 20.8 Å². The molecule has 1 aromatic carbocycles. The molecule has 0 aliphatic carbocycles. The third-order valence-electron chi connectivity index (χ3n) is 3.52. The highest BCUT2D eigenvalue weighted by molar-refractivity contribution is 5.80. The number of carbonyl (C=O) groups excluding carboxylic acids is 1. The van der Waals surface area contributed by atoms with Crippen molar-refractivity contribution < 1.29 is 33.8 Å². The van der Waals surface area contributed by atoms with E-state index in [9.17, 15) is 24.8 Å². The van der Waals surface area contributed by atoms with Crippen LogP contribution in [0.2, 0.25) is 0 Å². The maximum absolute atomic E-state index is 11.9. The molecule has 26 heavy (non-hydrogen) atoms. The molecule has 1 atom stereocenters. The number of methoxy groups -OCH3 is 2. The number of benzene rings is 1. The Labute approximate surface area is 150 Å². The highest BCUT2D eigenvalue weighted by Crippen LogP contribution is 2.34. The summed E-state index contributed by atoms with van der Waals surface area (Å²) in [7, 11) is 2.70. The van der Waals surface area contributed by atoms with Crippen molar-refractivity contribution in [2.75, 3.05) is 14.2 Å². The lowest BCUT2D eigenvalue weighted by atomic mass is 9.87. The summed E-state index contributed by atoms with van der Waals surface area (Å²) in [4.78, 5) is 33.7. The van der Waals surface area contributed by atoms with Gasteiger partial charge in [-0.3, -0.25) is 10.1 Å². The predicted molar refractivity (Wildman–Crippen MR) is 90.4 cm³/mol. The second kappa shape index (κ2) is 8.37. The van der Waals surface area contributed by atoms with Gasteiger partial charge in [0.15, 0.2) is 11.5 Å². The van der Waals surface area contributed by atoms with Crippen LogP contribution in [-0.4, -0.2) is 42.4 Å². The quantitative estimate of drug-likeness (QED) is 0.551. The minimum atomic E-state index is -1.22. The third-order valence-corrected chi connectivity index (χ3v) is 3.52. The van der Waals surface area contributed by atoms with Crippen molar-refractivity contribution in [3.05, 3.63) is 27.8 Å². The molecule has 0 saturated heterocycles. The average molecular weight is 370 g/mol. The third kappa shape index (κ3) is 5.23. The Bertz CT molecular complexity index is 696. The van der Waals surface area contributed by atoms with Gasteiger partial charge in [0.1, 0.15) is 12.6 Å². The number of amides is 1. The van der Waals surface area contributed by atoms with Gasteiger partial charge in [-0.2, -0.15) is 0 Å². The maximum Gasteiger partial charge on any atom is 0.408 e. The maximum atomic E-state index is 11.9. The van der Waals surface area contributed by atoms with E-state index in [2.05, 4.69) is 5.32 Å². The van der Waals surface area contributed by atoms with Gasteiger partial charge in [-0.15, -0.1) is 0 Å². The van der Waals surface area contributed by atoms with Crippen LogP contribution >= 0.6 is 0 Å². The number of nitrogens with zero attached hydrogens (tertiary/aromatic N) is 1. The first-order valence-electron chi connectivity index (χ1n) is 7.56. The first-order valence-corrected chi connectivity index (χ1v) is 7.56. The van der Waals surface area contributed by atoms with Crippen molar-refractivity contribution in [2.24, 2.45) is 5.41 Å². The zero-order valence-corrected chi connectivity index (χ0v) is 15.2. The molecule has 0 aromatic heterocycles. The number of hydrogen-bond acceptors (Lipinski definition) is 7. The first kappa shape index (κ1) is 21.0. The predicted octanol–water partition coefficient (Wildman–Crippen LogP) is 2.34. The summed E-state index contributed by atoms with van der Waals surface area (Å²) in [5, 5.41) is 22.6. The van der Waals surface area contributed by atoms with Crippen molar-refractivity contribution in [3.8, 4) is 11.5 Å². The van der Waals surface area contributed by atoms with Crippen molar-refractivity contribution >= 4 is 17.7 Å². The molecule has 0 radical (unpaired) electrons. The molecule has 1 aromatic rings. The lowest BCUT2D eigenvalue weighted by molar-refractivity contribution is -0.385. The first-order chi connectivity index (χ1) is 12.0. The second-order valence-corrected chi connectivity index (χ2v) is 6.45. The van der Waals surface area contributed by atoms with Crippen LogP contribution in [0.4, 0.5) is 10.5 Å². The summed E-state index contributed by atoms with van der Waals surface area (Å²) < 4.78 is 15.0. The number of ether oxygens (including phenoxy) is 3. The number of hydrogen-bond donors (Lipinski definition) is 2. The van der Waals surface area contributed by atoms with Gasteiger partial charge in [-0.05, 0) is 11.5 Å². The lowest BCUT2D eigenvalue weighted by Crippen LogP contribution is -2.49. The van der Waals surface area contributed by atoms with Gasteiger partial charge >= 0.3 is 12.1 Å². The topological polar surface area (TPSA) is 137 Å². The molecular weight excluding hydrogens is 348 g/mol. The van der Waals surface area contributed by atoms with E-state index >= 15 is 0 Å². The number of alkyl carbamates (subject to hydrolysis) is 1. The Morgan fingerprint density at radius 2 is 1.77 bits per heavy atom. The van der Waals surface area contributed by atoms with E-state index in [-0.39, 0.29) is 22.7 Å². The summed E-state index contributed by atoms with van der Waals surface area (Å²) >= 11 is 0. The van der Waals surface area contributed by atoms with Gasteiger partial charge in [0.25, 0.3) is 5.69 Å². The van der Waals surface area contributed by atoms with Crippen LogP contribution in [0, 0.1) is 15.5 Å². The highest BCUT2D eigenvalue weighted by atomic mass is 16.6. The van der Waals surface area contributed by atoms with Crippen LogP contribution in [0.5, 0.6) is 11.5 Å². The molecule has 0 aliphatic heterocycles. The zero-order chi connectivity index (χ0) is 20.1. The van der Waals surface area contributed by atoms with Crippen LogP contribution in [0.3, 0.4) is 0 Å². The van der Waals surface area contributed by atoms with E-state index in [1.54, 1.807) is 20.8 Å². The largest absolute Gasteiger partial charge is 0.493 e. The van der Waals surface area contributed by atoms with E-state index in [0.717, 1.165) is 6.07 Å². The number of nitro benzene ring substituents is 1. The Kier molecular flexibility index (Phi) is 6.76. The monoisotopic (exact) mass is 370 g/mol. The van der Waals surface area contributed by atoms with E-state index < -0.39 is 35.0 Å². The number of aliphatic carboxylic acids is 1. The molecule has 0 aliphatic rings. The number of carboxylic acids is 1. The van der Waals surface area contributed by atoms with Crippen LogP contribution in [-0.2, 0) is 16.1 Å². The summed E-state index contributed by atoms with van der Waals surface area (Å²) in [5.74, 6) is -0.826. The standard InChI is InChI=1S/C16H22N2O8/c1-16(2,3)13(14(19)20)17-15(21)26-8-9-6-11(24-4)12(25-5)7-10(9)18(22)23/h6-7,13H,8H2,1-5H3,(H,17,21)(H,19,20)/t13-/m1/s1. The van der Waals surface area contributed by atoms with Gasteiger partial charge in [0.05, 0.1) is 30.8 Å². The molecule has 10 nitrogen and oxygen atoms in total. The molecule has 0 heterocycles. The molecule has 0 saturated carbocycles. The van der Waals surface area contributed by atoms with E-state index in [1.165, 1.54) is 20.3 Å². The molecule has 1 amide bonds. The molecular formula is C16H22N2O8. The number of carbonyl (C=O) groups is 2. The Morgan fingerprint density at radius 1 is 1.23 bits per heavy atom. The van der Waals surface area contributed by atoms with Crippen LogP contribution in [0.1, 0.15) is 26.3 Å². The van der Waals surface area contributed by atoms with E-state index in [0.29, 0.717) is 0 Å². The minimum absolute atomic E-state index is 0.0745. The minimum Gasteiger partial charge on any atom is -0.493 e.